The quantitative estimate of drug-likeness (QED) is 0.935. The van der Waals surface area contributed by atoms with Crippen LogP contribution in [0.4, 0.5) is 4.79 Å². The van der Waals surface area contributed by atoms with E-state index in [1.165, 1.54) is 0 Å². The van der Waals surface area contributed by atoms with Crippen molar-refractivity contribution in [1.29, 1.82) is 0 Å². The summed E-state index contributed by atoms with van der Waals surface area (Å²) < 4.78 is 5.84. The van der Waals surface area contributed by atoms with Crippen LogP contribution >= 0.6 is 13.5 Å². The highest BCUT2D eigenvalue weighted by Crippen LogP contribution is 2.42. The smallest absolute Gasteiger partial charge is 0.408 e. The molecule has 4 heteroatoms. The molecule has 1 N–H and O–H groups in total. The van der Waals surface area contributed by atoms with Crippen LogP contribution in [0.5, 0.6) is 0 Å². The minimum Gasteiger partial charge on any atom is -0.431 e. The normalized spacial score (nSPS) is 19.2. The summed E-state index contributed by atoms with van der Waals surface area (Å²) >= 11 is 0. The van der Waals surface area contributed by atoms with Crippen molar-refractivity contribution in [2.45, 2.75) is 25.5 Å². The number of carbonyl (C=O) groups excluding carboxylic acids is 1. The summed E-state index contributed by atoms with van der Waals surface area (Å²) in [5.74, 6) is 0.247. The van der Waals surface area contributed by atoms with E-state index in [1.807, 2.05) is 60.7 Å². The Morgan fingerprint density at radius 2 is 1.41 bits per heavy atom. The lowest BCUT2D eigenvalue weighted by Crippen LogP contribution is -2.45. The van der Waals surface area contributed by atoms with Gasteiger partial charge in [0.25, 0.3) is 0 Å². The molecule has 0 radical (unpaired) electrons. The number of amides is 1. The van der Waals surface area contributed by atoms with Crippen molar-refractivity contribution in [3.05, 3.63) is 71.8 Å². The molecule has 0 aromatic heterocycles. The maximum absolute atomic E-state index is 12.0. The van der Waals surface area contributed by atoms with Gasteiger partial charge in [-0.3, -0.25) is 0 Å². The Hall–Kier alpha value is -1.94. The standard InChI is InChI=1S/C18H19NO2.H2S/c1-13(2)16-18(21-17(20)19-16,14-9-5-3-6-10-14)15-11-7-4-8-12-15;/h3-13,16H,1-2H3,(H,19,20);1H2/t16-;/m0./s1. The molecule has 1 amide bonds. The average Bonchev–Trinajstić information content (AvgIpc) is 2.88. The molecule has 1 atom stereocenters. The molecule has 116 valence electrons. The number of nitrogens with one attached hydrogen (secondary N) is 1. The molecule has 2 aromatic rings. The molecule has 1 heterocycles. The van der Waals surface area contributed by atoms with Crippen LogP contribution in [0.2, 0.25) is 0 Å². The molecule has 1 fully saturated rings. The molecule has 0 saturated carbocycles. The Balaban J connectivity index is 0.00000176. The summed E-state index contributed by atoms with van der Waals surface area (Å²) in [5.41, 5.74) is 1.22. The number of ether oxygens (including phenoxy) is 1. The third kappa shape index (κ3) is 2.59. The lowest BCUT2D eigenvalue weighted by Gasteiger charge is -2.35. The van der Waals surface area contributed by atoms with E-state index in [1.54, 1.807) is 0 Å². The summed E-state index contributed by atoms with van der Waals surface area (Å²) in [6.45, 7) is 4.19. The molecule has 3 nitrogen and oxygen atoms in total. The molecular formula is C18H21NO2S. The molecule has 1 saturated heterocycles. The number of carbonyl (C=O) groups is 1. The fourth-order valence-corrected chi connectivity index (χ4v) is 3.12. The number of alkyl carbamates (subject to hydrolysis) is 1. The predicted molar refractivity (Wildman–Crippen MR) is 92.3 cm³/mol. The molecule has 22 heavy (non-hydrogen) atoms. The maximum atomic E-state index is 12.0. The van der Waals surface area contributed by atoms with Gasteiger partial charge in [-0.05, 0) is 5.92 Å². The van der Waals surface area contributed by atoms with Gasteiger partial charge in [0.2, 0.25) is 0 Å². The van der Waals surface area contributed by atoms with Gasteiger partial charge in [-0.1, -0.05) is 74.5 Å². The third-order valence-electron chi connectivity index (χ3n) is 4.04. The molecule has 0 bridgehead atoms. The van der Waals surface area contributed by atoms with Gasteiger partial charge in [-0.2, -0.15) is 13.5 Å². The van der Waals surface area contributed by atoms with Gasteiger partial charge in [-0.15, -0.1) is 0 Å². The van der Waals surface area contributed by atoms with Gasteiger partial charge in [0, 0.05) is 11.1 Å². The first kappa shape index (κ1) is 16.4. The van der Waals surface area contributed by atoms with Crippen molar-refractivity contribution in [3.63, 3.8) is 0 Å². The van der Waals surface area contributed by atoms with Gasteiger partial charge < -0.3 is 10.1 Å². The second-order valence-electron chi connectivity index (χ2n) is 5.72. The van der Waals surface area contributed by atoms with Crippen molar-refractivity contribution >= 4 is 19.6 Å². The van der Waals surface area contributed by atoms with E-state index >= 15 is 0 Å². The van der Waals surface area contributed by atoms with E-state index < -0.39 is 5.60 Å². The second-order valence-corrected chi connectivity index (χ2v) is 5.72. The number of rotatable bonds is 3. The van der Waals surface area contributed by atoms with Crippen molar-refractivity contribution in [2.24, 2.45) is 5.92 Å². The van der Waals surface area contributed by atoms with Crippen molar-refractivity contribution in [1.82, 2.24) is 5.32 Å². The maximum Gasteiger partial charge on any atom is 0.408 e. The Kier molecular flexibility index (Phi) is 4.81. The summed E-state index contributed by atoms with van der Waals surface area (Å²) in [4.78, 5) is 12.0. The van der Waals surface area contributed by atoms with Crippen LogP contribution < -0.4 is 5.32 Å². The highest BCUT2D eigenvalue weighted by atomic mass is 32.1. The zero-order valence-electron chi connectivity index (χ0n) is 12.7. The predicted octanol–water partition coefficient (Wildman–Crippen LogP) is 3.81. The van der Waals surface area contributed by atoms with Crippen LogP contribution in [0.1, 0.15) is 25.0 Å². The molecular weight excluding hydrogens is 294 g/mol. The Labute approximate surface area is 138 Å². The molecule has 1 aliphatic rings. The molecule has 0 aliphatic carbocycles. The Bertz CT molecular complexity index is 589. The third-order valence-corrected chi connectivity index (χ3v) is 4.04. The van der Waals surface area contributed by atoms with E-state index in [2.05, 4.69) is 19.2 Å². The topological polar surface area (TPSA) is 38.3 Å². The zero-order chi connectivity index (χ0) is 14.9. The summed E-state index contributed by atoms with van der Waals surface area (Å²) in [7, 11) is 0. The number of benzene rings is 2. The first-order valence-corrected chi connectivity index (χ1v) is 7.25. The van der Waals surface area contributed by atoms with Crippen LogP contribution in [0.25, 0.3) is 0 Å². The molecule has 2 aromatic carbocycles. The SMILES string of the molecule is CC(C)[C@@H]1NC(=O)OC1(c1ccccc1)c1ccccc1.S. The van der Waals surface area contributed by atoms with E-state index in [0.717, 1.165) is 11.1 Å². The van der Waals surface area contributed by atoms with Gasteiger partial charge in [0.1, 0.15) is 0 Å². The molecule has 1 aliphatic heterocycles. The van der Waals surface area contributed by atoms with Crippen molar-refractivity contribution in [3.8, 4) is 0 Å². The second kappa shape index (κ2) is 6.44. The van der Waals surface area contributed by atoms with Crippen molar-refractivity contribution in [2.75, 3.05) is 0 Å². The summed E-state index contributed by atoms with van der Waals surface area (Å²) in [6.07, 6.45) is -0.360. The van der Waals surface area contributed by atoms with Crippen LogP contribution in [-0.4, -0.2) is 12.1 Å². The molecule has 0 unspecified atom stereocenters. The van der Waals surface area contributed by atoms with Crippen LogP contribution in [0, 0.1) is 5.92 Å². The minimum absolute atomic E-state index is 0. The molecule has 3 rings (SSSR count). The highest BCUT2D eigenvalue weighted by Gasteiger charge is 2.52. The van der Waals surface area contributed by atoms with Gasteiger partial charge >= 0.3 is 6.09 Å². The Morgan fingerprint density at radius 1 is 0.955 bits per heavy atom. The fourth-order valence-electron chi connectivity index (χ4n) is 3.12. The van der Waals surface area contributed by atoms with E-state index in [9.17, 15) is 4.79 Å². The Morgan fingerprint density at radius 3 is 1.82 bits per heavy atom. The largest absolute Gasteiger partial charge is 0.431 e. The van der Waals surface area contributed by atoms with Gasteiger partial charge in [-0.25, -0.2) is 4.79 Å². The monoisotopic (exact) mass is 315 g/mol. The first-order valence-electron chi connectivity index (χ1n) is 7.25. The van der Waals surface area contributed by atoms with E-state index in [-0.39, 0.29) is 31.5 Å². The summed E-state index contributed by atoms with van der Waals surface area (Å²) in [5, 5.41) is 2.98. The van der Waals surface area contributed by atoms with Crippen LogP contribution in [0.15, 0.2) is 60.7 Å². The van der Waals surface area contributed by atoms with Gasteiger partial charge in [0.15, 0.2) is 5.60 Å². The zero-order valence-corrected chi connectivity index (χ0v) is 13.7. The minimum atomic E-state index is -0.770. The lowest BCUT2D eigenvalue weighted by molar-refractivity contribution is 0.0584. The fraction of sp³-hybridized carbons (Fsp3) is 0.278. The number of hydrogen-bond acceptors (Lipinski definition) is 2. The lowest BCUT2D eigenvalue weighted by atomic mass is 9.76. The van der Waals surface area contributed by atoms with Crippen LogP contribution in [0.3, 0.4) is 0 Å². The van der Waals surface area contributed by atoms with Gasteiger partial charge in [0.05, 0.1) is 6.04 Å². The molecule has 0 spiro atoms. The summed E-state index contributed by atoms with van der Waals surface area (Å²) in [6, 6.07) is 19.8. The van der Waals surface area contributed by atoms with Crippen molar-refractivity contribution < 1.29 is 9.53 Å². The van der Waals surface area contributed by atoms with Crippen LogP contribution in [-0.2, 0) is 10.3 Å². The van der Waals surface area contributed by atoms with E-state index in [0.29, 0.717) is 0 Å². The number of cyclic esters (lactones) is 1. The average molecular weight is 315 g/mol. The number of hydrogen-bond donors (Lipinski definition) is 1. The first-order chi connectivity index (χ1) is 10.1. The van der Waals surface area contributed by atoms with E-state index in [4.69, 9.17) is 4.74 Å². The highest BCUT2D eigenvalue weighted by molar-refractivity contribution is 7.59.